The summed E-state index contributed by atoms with van der Waals surface area (Å²) >= 11 is 1.46. The summed E-state index contributed by atoms with van der Waals surface area (Å²) in [5.41, 5.74) is 5.53. The van der Waals surface area contributed by atoms with Gasteiger partial charge in [0.05, 0.1) is 16.6 Å². The molecule has 4 nitrogen and oxygen atoms in total. The molecule has 0 aliphatic carbocycles. The molecule has 2 aromatic carbocycles. The van der Waals surface area contributed by atoms with E-state index in [1.54, 1.807) is 0 Å². The highest BCUT2D eigenvalue weighted by Crippen LogP contribution is 2.28. The zero-order chi connectivity index (χ0) is 18.1. The monoisotopic (exact) mass is 356 g/mol. The number of hydrogen-bond donors (Lipinski definition) is 0. The van der Waals surface area contributed by atoms with Crippen molar-refractivity contribution in [3.05, 3.63) is 70.0 Å². The first-order valence-corrected chi connectivity index (χ1v) is 9.10. The summed E-state index contributed by atoms with van der Waals surface area (Å²) in [6.45, 7) is 2.04. The van der Waals surface area contributed by atoms with Crippen molar-refractivity contribution < 1.29 is 0 Å². The molecule has 0 amide bonds. The number of para-hydroxylation sites is 2. The molecule has 0 saturated heterocycles. The number of benzene rings is 2. The van der Waals surface area contributed by atoms with E-state index in [1.165, 1.54) is 16.9 Å². The van der Waals surface area contributed by atoms with Gasteiger partial charge in [-0.15, -0.1) is 11.3 Å². The molecule has 5 heteroatoms. The number of nitrogens with zero attached hydrogens (tertiary/aromatic N) is 4. The molecular formula is C21H16N4S. The number of thiazole rings is 1. The van der Waals surface area contributed by atoms with E-state index < -0.39 is 0 Å². The lowest BCUT2D eigenvalue weighted by Gasteiger charge is -1.99. The number of aromatic nitrogens is 3. The average molecular weight is 356 g/mol. The molecular weight excluding hydrogens is 340 g/mol. The highest BCUT2D eigenvalue weighted by molar-refractivity contribution is 7.11. The van der Waals surface area contributed by atoms with Crippen LogP contribution < -0.4 is 0 Å². The quantitative estimate of drug-likeness (QED) is 0.482. The number of aryl methyl sites for hydroxylation is 2. The van der Waals surface area contributed by atoms with Gasteiger partial charge in [0.2, 0.25) is 0 Å². The maximum absolute atomic E-state index is 9.57. The van der Waals surface area contributed by atoms with Crippen LogP contribution in [-0.2, 0) is 7.05 Å². The van der Waals surface area contributed by atoms with Gasteiger partial charge in [-0.25, -0.2) is 9.97 Å². The summed E-state index contributed by atoms with van der Waals surface area (Å²) in [6.07, 6.45) is 1.87. The molecule has 0 fully saturated rings. The van der Waals surface area contributed by atoms with Crippen LogP contribution in [0.15, 0.2) is 53.9 Å². The van der Waals surface area contributed by atoms with Crippen molar-refractivity contribution in [2.45, 2.75) is 6.92 Å². The van der Waals surface area contributed by atoms with Crippen LogP contribution in [0.3, 0.4) is 0 Å². The summed E-state index contributed by atoms with van der Waals surface area (Å²) in [5, 5.41) is 12.2. The number of hydrogen-bond acceptors (Lipinski definition) is 4. The lowest BCUT2D eigenvalue weighted by molar-refractivity contribution is 0.952. The zero-order valence-electron chi connectivity index (χ0n) is 14.5. The van der Waals surface area contributed by atoms with Crippen LogP contribution in [-0.4, -0.2) is 14.5 Å². The first-order chi connectivity index (χ1) is 12.7. The molecule has 4 rings (SSSR count). The van der Waals surface area contributed by atoms with Crippen molar-refractivity contribution in [1.29, 1.82) is 5.26 Å². The van der Waals surface area contributed by atoms with E-state index in [0.29, 0.717) is 10.6 Å². The maximum Gasteiger partial charge on any atom is 0.160 e. The molecule has 126 valence electrons. The van der Waals surface area contributed by atoms with Crippen molar-refractivity contribution in [1.82, 2.24) is 14.5 Å². The van der Waals surface area contributed by atoms with Gasteiger partial charge in [-0.2, -0.15) is 5.26 Å². The minimum Gasteiger partial charge on any atom is -0.326 e. The van der Waals surface area contributed by atoms with Gasteiger partial charge in [-0.1, -0.05) is 42.0 Å². The van der Waals surface area contributed by atoms with Gasteiger partial charge in [0, 0.05) is 12.4 Å². The molecule has 0 aliphatic rings. The Balaban J connectivity index is 1.73. The van der Waals surface area contributed by atoms with Crippen molar-refractivity contribution in [3.8, 4) is 17.6 Å². The minimum atomic E-state index is 0.559. The highest BCUT2D eigenvalue weighted by atomic mass is 32.1. The lowest BCUT2D eigenvalue weighted by Crippen LogP contribution is -1.93. The molecule has 0 atom stereocenters. The van der Waals surface area contributed by atoms with Crippen molar-refractivity contribution >= 4 is 34.0 Å². The molecule has 2 aromatic heterocycles. The minimum absolute atomic E-state index is 0.559. The van der Waals surface area contributed by atoms with Crippen LogP contribution in [0.5, 0.6) is 0 Å². The fraction of sp³-hybridized carbons (Fsp3) is 0.0952. The third kappa shape index (κ3) is 2.92. The van der Waals surface area contributed by atoms with Crippen LogP contribution in [0, 0.1) is 18.3 Å². The van der Waals surface area contributed by atoms with E-state index in [2.05, 4.69) is 16.0 Å². The van der Waals surface area contributed by atoms with Gasteiger partial charge in [0.15, 0.2) is 5.82 Å². The molecule has 0 bridgehead atoms. The summed E-state index contributed by atoms with van der Waals surface area (Å²) in [7, 11) is 1.98. The van der Waals surface area contributed by atoms with Crippen LogP contribution in [0.1, 0.15) is 16.1 Å². The Bertz CT molecular complexity index is 1160. The fourth-order valence-electron chi connectivity index (χ4n) is 2.85. The highest BCUT2D eigenvalue weighted by Gasteiger charge is 2.14. The van der Waals surface area contributed by atoms with E-state index in [9.17, 15) is 5.26 Å². The number of nitriles is 1. The summed E-state index contributed by atoms with van der Waals surface area (Å²) < 4.78 is 2.03. The van der Waals surface area contributed by atoms with Gasteiger partial charge in [-0.05, 0) is 30.7 Å². The molecule has 26 heavy (non-hydrogen) atoms. The standard InChI is InChI=1S/C21H16N4S/c1-14-7-9-15(10-8-14)11-16(12-22)21-24-18(13-26-21)20-23-17-5-3-4-6-19(17)25(20)2/h3-11,13H,1-2H3/b16-11+. The van der Waals surface area contributed by atoms with Crippen LogP contribution in [0.25, 0.3) is 34.2 Å². The Morgan fingerprint density at radius 3 is 2.62 bits per heavy atom. The van der Waals surface area contributed by atoms with Gasteiger partial charge in [0.25, 0.3) is 0 Å². The topological polar surface area (TPSA) is 54.5 Å². The summed E-state index contributed by atoms with van der Waals surface area (Å²) in [5.74, 6) is 0.807. The van der Waals surface area contributed by atoms with E-state index >= 15 is 0 Å². The van der Waals surface area contributed by atoms with Gasteiger partial charge in [-0.3, -0.25) is 0 Å². The van der Waals surface area contributed by atoms with E-state index in [-0.39, 0.29) is 0 Å². The molecule has 2 heterocycles. The third-order valence-corrected chi connectivity index (χ3v) is 5.14. The Kier molecular flexibility index (Phi) is 4.11. The summed E-state index contributed by atoms with van der Waals surface area (Å²) in [6, 6.07) is 18.4. The third-order valence-electron chi connectivity index (χ3n) is 4.26. The molecule has 0 spiro atoms. The number of allylic oxidation sites excluding steroid dienone is 1. The normalized spacial score (nSPS) is 11.7. The van der Waals surface area contributed by atoms with Crippen molar-refractivity contribution in [3.63, 3.8) is 0 Å². The summed E-state index contributed by atoms with van der Waals surface area (Å²) in [4.78, 5) is 9.35. The Morgan fingerprint density at radius 1 is 1.12 bits per heavy atom. The second-order valence-corrected chi connectivity index (χ2v) is 6.96. The van der Waals surface area contributed by atoms with Crippen LogP contribution >= 0.6 is 11.3 Å². The Hall–Kier alpha value is -3.23. The average Bonchev–Trinajstić information content (AvgIpc) is 3.27. The van der Waals surface area contributed by atoms with E-state index in [4.69, 9.17) is 0 Å². The van der Waals surface area contributed by atoms with Crippen molar-refractivity contribution in [2.75, 3.05) is 0 Å². The molecule has 0 unspecified atom stereocenters. The first-order valence-electron chi connectivity index (χ1n) is 8.22. The van der Waals surface area contributed by atoms with Gasteiger partial charge >= 0.3 is 0 Å². The zero-order valence-corrected chi connectivity index (χ0v) is 15.3. The largest absolute Gasteiger partial charge is 0.326 e. The van der Waals surface area contributed by atoms with Crippen LogP contribution in [0.4, 0.5) is 0 Å². The second-order valence-electron chi connectivity index (χ2n) is 6.10. The molecule has 4 aromatic rings. The fourth-order valence-corrected chi connectivity index (χ4v) is 3.61. The lowest BCUT2D eigenvalue weighted by atomic mass is 10.1. The maximum atomic E-state index is 9.57. The number of imidazole rings is 1. The second kappa shape index (κ2) is 6.58. The Morgan fingerprint density at radius 2 is 1.88 bits per heavy atom. The van der Waals surface area contributed by atoms with E-state index in [1.807, 2.05) is 78.5 Å². The van der Waals surface area contributed by atoms with Gasteiger partial charge < -0.3 is 4.57 Å². The molecule has 0 radical (unpaired) electrons. The first kappa shape index (κ1) is 16.2. The Labute approximate surface area is 155 Å². The number of rotatable bonds is 3. The predicted octanol–water partition coefficient (Wildman–Crippen LogP) is 5.07. The predicted molar refractivity (Wildman–Crippen MR) is 106 cm³/mol. The van der Waals surface area contributed by atoms with E-state index in [0.717, 1.165) is 28.1 Å². The smallest absolute Gasteiger partial charge is 0.160 e. The molecule has 0 aliphatic heterocycles. The number of fused-ring (bicyclic) bond motifs is 1. The molecule has 0 saturated carbocycles. The van der Waals surface area contributed by atoms with Crippen molar-refractivity contribution in [2.24, 2.45) is 7.05 Å². The van der Waals surface area contributed by atoms with Crippen LogP contribution in [0.2, 0.25) is 0 Å². The SMILES string of the molecule is Cc1ccc(/C=C(\C#N)c2nc(-c3nc4ccccc4n3C)cs2)cc1. The van der Waals surface area contributed by atoms with Gasteiger partial charge in [0.1, 0.15) is 16.8 Å². The molecule has 0 N–H and O–H groups in total.